The zero-order valence-corrected chi connectivity index (χ0v) is 39.5. The molecule has 3 fully saturated rings. The molecule has 67 heavy (non-hydrogen) atoms. The first kappa shape index (κ1) is 47.4. The molecule has 5 heterocycles. The number of methoxy groups -OCH3 is 2. The molecule has 4 aliphatic rings. The second kappa shape index (κ2) is 20.4. The Labute approximate surface area is 401 Å². The monoisotopic (exact) mass is 969 g/mol. The molecule has 17 nitrogen and oxygen atoms in total. The van der Waals surface area contributed by atoms with Gasteiger partial charge in [-0.3, -0.25) is 24.1 Å². The van der Waals surface area contributed by atoms with Gasteiger partial charge >= 0.3 is 14.0 Å². The molecule has 1 aromatic heterocycles. The van der Waals surface area contributed by atoms with E-state index in [1.54, 1.807) is 38.7 Å². The summed E-state index contributed by atoms with van der Waals surface area (Å²) in [5.74, 6) is -0.256. The number of amides is 3. The molecule has 4 atom stereocenters. The largest absolute Gasteiger partial charge is 0.539 e. The van der Waals surface area contributed by atoms with Crippen molar-refractivity contribution in [1.82, 2.24) is 20.1 Å². The number of halogens is 1. The number of piperazine rings is 1. The number of oxime groups is 1. The van der Waals surface area contributed by atoms with E-state index in [9.17, 15) is 24.0 Å². The normalized spacial score (nSPS) is 20.9. The molecular weight excluding hydrogens is 923 g/mol. The van der Waals surface area contributed by atoms with Crippen molar-refractivity contribution < 1.29 is 56.9 Å². The van der Waals surface area contributed by atoms with Gasteiger partial charge in [-0.2, -0.15) is 0 Å². The number of rotatable bonds is 18. The predicted molar refractivity (Wildman–Crippen MR) is 249 cm³/mol. The van der Waals surface area contributed by atoms with Crippen molar-refractivity contribution >= 4 is 77.9 Å². The molecule has 0 aliphatic carbocycles. The molecule has 4 aromatic rings. The number of ether oxygens (including phenoxy) is 4. The van der Waals surface area contributed by atoms with Crippen LogP contribution in [0.5, 0.6) is 23.0 Å². The number of hydrogen-bond donors (Lipinski definition) is 1. The van der Waals surface area contributed by atoms with Gasteiger partial charge in [-0.25, -0.2) is 9.78 Å². The predicted octanol–water partition coefficient (Wildman–Crippen LogP) is 4.62. The van der Waals surface area contributed by atoms with Crippen LogP contribution in [0.2, 0.25) is 5.02 Å². The molecule has 0 unspecified atom stereocenters. The van der Waals surface area contributed by atoms with Crippen molar-refractivity contribution in [3.05, 3.63) is 110 Å². The molecular formula is C46H47BClN6O11S2+. The topological polar surface area (TPSA) is 184 Å². The second-order valence-electron chi connectivity index (χ2n) is 16.5. The van der Waals surface area contributed by atoms with Gasteiger partial charge in [-0.15, -0.1) is 23.1 Å². The quantitative estimate of drug-likeness (QED) is 0.0480. The lowest BCUT2D eigenvalue weighted by molar-refractivity contribution is -0.916. The molecule has 0 saturated carbocycles. The first-order chi connectivity index (χ1) is 32.3. The maximum absolute atomic E-state index is 14.5. The van der Waals surface area contributed by atoms with Gasteiger partial charge in [0, 0.05) is 23.1 Å². The molecule has 1 N–H and O–H groups in total. The molecule has 8 rings (SSSR count). The fraction of sp³-hybridized carbons (Fsp3) is 0.370. The zero-order valence-electron chi connectivity index (χ0n) is 37.2. The average molecular weight is 970 g/mol. The van der Waals surface area contributed by atoms with Crippen molar-refractivity contribution in [2.45, 2.75) is 50.9 Å². The van der Waals surface area contributed by atoms with Gasteiger partial charge in [0.15, 0.2) is 29.6 Å². The van der Waals surface area contributed by atoms with Crippen molar-refractivity contribution in [2.75, 3.05) is 59.3 Å². The number of Topliss-reactive ketones (excluding diaryl/α,β-unsaturated/α-hetero) is 1. The summed E-state index contributed by atoms with van der Waals surface area (Å²) in [5, 5.41) is 8.39. The summed E-state index contributed by atoms with van der Waals surface area (Å²) in [7, 11) is 8.65. The van der Waals surface area contributed by atoms with E-state index >= 15 is 0 Å². The molecule has 348 valence electrons. The van der Waals surface area contributed by atoms with E-state index in [0.29, 0.717) is 64.9 Å². The van der Waals surface area contributed by atoms with Crippen molar-refractivity contribution in [2.24, 2.45) is 5.16 Å². The highest BCUT2D eigenvalue weighted by molar-refractivity contribution is 8.00. The number of β-lactam (4-membered cyclic amide) rings is 1. The Kier molecular flexibility index (Phi) is 14.4. The summed E-state index contributed by atoms with van der Waals surface area (Å²) in [6, 6.07) is 17.2. The standard InChI is InChI=1S/C46H46BClN6O11S2/c1-26(55)21-64-51-38(35-25-66-27(2)49-35)42(56)50-39-44(58)53-40(46(59)65-47)30(24-67-45(39)53)19-54-17-15-31(20-54)52(16-18-54)43(57)34-13-14-36(62-22-28-5-9-32(60-3)10-6-28)41(37(34)48)63-23-29-7-11-33(61-4)12-8-29/h5-14,25,31,39,45H,15-24H2,1-4H3/p+1/b51-38-/t31-,39+,45+,54-/m0/s1. The Morgan fingerprint density at radius 2 is 1.66 bits per heavy atom. The lowest BCUT2D eigenvalue weighted by Gasteiger charge is -2.50. The maximum Gasteiger partial charge on any atom is 0.378 e. The van der Waals surface area contributed by atoms with E-state index in [0.717, 1.165) is 23.4 Å². The van der Waals surface area contributed by atoms with Crippen LogP contribution in [0.1, 0.15) is 45.5 Å². The number of hydrogen-bond acceptors (Lipinski definition) is 15. The van der Waals surface area contributed by atoms with Crippen LogP contribution < -0.4 is 24.3 Å². The Morgan fingerprint density at radius 1 is 0.970 bits per heavy atom. The number of carbonyl (C=O) groups is 5. The van der Waals surface area contributed by atoms with Gasteiger partial charge in [0.2, 0.25) is 0 Å². The zero-order chi connectivity index (χ0) is 47.4. The van der Waals surface area contributed by atoms with E-state index in [1.165, 1.54) is 34.9 Å². The highest BCUT2D eigenvalue weighted by atomic mass is 35.5. The Bertz CT molecular complexity index is 2630. The molecule has 3 saturated heterocycles. The number of quaternary nitrogens is 1. The fourth-order valence-electron chi connectivity index (χ4n) is 8.70. The minimum Gasteiger partial charge on any atom is -0.539 e. The number of benzene rings is 3. The van der Waals surface area contributed by atoms with Crippen molar-refractivity contribution in [1.29, 1.82) is 0 Å². The number of thiazole rings is 1. The Hall–Kier alpha value is -6.09. The van der Waals surface area contributed by atoms with E-state index in [1.807, 2.05) is 53.4 Å². The highest BCUT2D eigenvalue weighted by Crippen LogP contribution is 2.44. The number of ketones is 1. The van der Waals surface area contributed by atoms with Crippen molar-refractivity contribution in [3.63, 3.8) is 0 Å². The van der Waals surface area contributed by atoms with Crippen LogP contribution in [0.15, 0.2) is 82.5 Å². The van der Waals surface area contributed by atoms with Crippen molar-refractivity contribution in [3.8, 4) is 23.0 Å². The van der Waals surface area contributed by atoms with Gasteiger partial charge in [0.1, 0.15) is 54.1 Å². The third kappa shape index (κ3) is 10.1. The summed E-state index contributed by atoms with van der Waals surface area (Å²) in [6.07, 6.45) is 0.697. The summed E-state index contributed by atoms with van der Waals surface area (Å²) in [4.78, 5) is 79.3. The summed E-state index contributed by atoms with van der Waals surface area (Å²) in [5.41, 5.74) is 2.79. The number of nitrogens with one attached hydrogen (secondary N) is 1. The number of aromatic nitrogens is 1. The Balaban J connectivity index is 0.965. The first-order valence-corrected chi connectivity index (χ1v) is 23.6. The van der Waals surface area contributed by atoms with E-state index in [2.05, 4.69) is 15.5 Å². The van der Waals surface area contributed by atoms with Crippen LogP contribution in [0.25, 0.3) is 0 Å². The van der Waals surface area contributed by atoms with Gasteiger partial charge < -0.3 is 43.1 Å². The molecule has 2 radical (unpaired) electrons. The van der Waals surface area contributed by atoms with E-state index in [4.69, 9.17) is 48.1 Å². The summed E-state index contributed by atoms with van der Waals surface area (Å²) < 4.78 is 28.5. The van der Waals surface area contributed by atoms with Gasteiger partial charge in [0.25, 0.3) is 17.7 Å². The SMILES string of the molecule is [B]OC(=O)C1=C(C[N@@+]23CC[C@@H](C2)N(C(=O)c2ccc(OCc4ccc(OC)cc4)c(OCc4ccc(OC)cc4)c2Cl)CC3)CS[C@@H]2[C@H](NC(=O)/C(=N\OCC(C)=O)c3csc(C)n3)C(=O)N12. The number of thioether (sulfide) groups is 1. The van der Waals surface area contributed by atoms with Crippen LogP contribution in [0.3, 0.4) is 0 Å². The van der Waals surface area contributed by atoms with Crippen LogP contribution in [-0.2, 0) is 41.9 Å². The van der Waals surface area contributed by atoms with E-state index in [-0.39, 0.29) is 71.0 Å². The third-order valence-electron chi connectivity index (χ3n) is 12.1. The van der Waals surface area contributed by atoms with Gasteiger partial charge in [-0.1, -0.05) is 41.0 Å². The number of carbonyl (C=O) groups excluding carboxylic acids is 5. The number of fused-ring (bicyclic) bond motifs is 3. The fourth-order valence-corrected chi connectivity index (χ4v) is 10.9. The van der Waals surface area contributed by atoms with Crippen LogP contribution in [0, 0.1) is 6.92 Å². The lowest BCUT2D eigenvalue weighted by Crippen LogP contribution is -2.71. The minimum atomic E-state index is -1.01. The molecule has 0 spiro atoms. The summed E-state index contributed by atoms with van der Waals surface area (Å²) in [6.45, 7) is 5.82. The minimum absolute atomic E-state index is 0.0493. The first-order valence-electron chi connectivity index (χ1n) is 21.3. The van der Waals surface area contributed by atoms with Crippen LogP contribution in [-0.4, -0.2) is 139 Å². The smallest absolute Gasteiger partial charge is 0.378 e. The van der Waals surface area contributed by atoms with Crippen LogP contribution in [0.4, 0.5) is 0 Å². The molecule has 3 amide bonds. The van der Waals surface area contributed by atoms with Gasteiger partial charge in [-0.05, 0) is 61.4 Å². The molecule has 3 aromatic carbocycles. The Morgan fingerprint density at radius 3 is 2.28 bits per heavy atom. The lowest BCUT2D eigenvalue weighted by atomic mass is 10.0. The van der Waals surface area contributed by atoms with E-state index < -0.39 is 29.2 Å². The molecule has 2 bridgehead atoms. The maximum atomic E-state index is 14.5. The van der Waals surface area contributed by atoms with Crippen LogP contribution >= 0.6 is 34.7 Å². The molecule has 21 heteroatoms. The van der Waals surface area contributed by atoms with Gasteiger partial charge in [0.05, 0.1) is 62.0 Å². The number of aryl methyl sites for hydroxylation is 1. The number of nitrogens with zero attached hydrogens (tertiary/aromatic N) is 5. The molecule has 4 aliphatic heterocycles. The average Bonchev–Trinajstić information content (AvgIpc) is 3.92. The second-order valence-corrected chi connectivity index (χ2v) is 19.0. The summed E-state index contributed by atoms with van der Waals surface area (Å²) >= 11 is 9.79. The third-order valence-corrected chi connectivity index (χ3v) is 14.6. The highest BCUT2D eigenvalue weighted by Gasteiger charge is 2.56.